The number of alkyl halides is 3. The van der Waals surface area contributed by atoms with Gasteiger partial charge in [0.25, 0.3) is 0 Å². The van der Waals surface area contributed by atoms with E-state index in [4.69, 9.17) is 0 Å². The molecule has 1 atom stereocenters. The van der Waals surface area contributed by atoms with Crippen molar-refractivity contribution in [3.05, 3.63) is 60.2 Å². The summed E-state index contributed by atoms with van der Waals surface area (Å²) < 4.78 is 75.9. The highest BCUT2D eigenvalue weighted by atomic mass is 19.4. The maximum atomic E-state index is 12.7. The third-order valence-corrected chi connectivity index (χ3v) is 3.11. The maximum absolute atomic E-state index is 12.7. The van der Waals surface area contributed by atoms with Crippen LogP contribution in [-0.4, -0.2) is 13.2 Å². The lowest BCUT2D eigenvalue weighted by Gasteiger charge is -2.29. The summed E-state index contributed by atoms with van der Waals surface area (Å²) in [5.41, 5.74) is 0.509. The molecule has 0 N–H and O–H groups in total. The second kappa shape index (κ2) is 5.46. The molecule has 0 aromatic heterocycles. The first kappa shape index (κ1) is 15.5. The molecule has 0 spiro atoms. The third-order valence-electron chi connectivity index (χ3n) is 3.11. The third kappa shape index (κ3) is 3.59. The standard InChI is InChI=1S/C14H10BF6/c16-14(17,18)13(15(19,20)21)12-8-6-11(7-9-12)10-4-2-1-3-5-10/h1-9,13H/q-1. The van der Waals surface area contributed by atoms with E-state index in [1.807, 2.05) is 0 Å². The number of benzene rings is 2. The van der Waals surface area contributed by atoms with Crippen LogP contribution in [0.5, 0.6) is 0 Å². The quantitative estimate of drug-likeness (QED) is 0.527. The van der Waals surface area contributed by atoms with E-state index in [0.29, 0.717) is 5.56 Å². The normalized spacial score (nSPS) is 14.0. The highest BCUT2D eigenvalue weighted by molar-refractivity contribution is 6.60. The van der Waals surface area contributed by atoms with E-state index in [-0.39, 0.29) is 0 Å². The first-order chi connectivity index (χ1) is 9.69. The van der Waals surface area contributed by atoms with E-state index < -0.39 is 24.5 Å². The maximum Gasteiger partial charge on any atom is 0.494 e. The predicted molar refractivity (Wildman–Crippen MR) is 69.8 cm³/mol. The molecule has 0 fully saturated rings. The van der Waals surface area contributed by atoms with Gasteiger partial charge in [-0.25, -0.2) is 0 Å². The van der Waals surface area contributed by atoms with E-state index in [1.165, 1.54) is 12.1 Å². The average molecular weight is 303 g/mol. The van der Waals surface area contributed by atoms with Crippen LogP contribution in [0.2, 0.25) is 0 Å². The smallest absolute Gasteiger partial charge is 0.448 e. The molecule has 0 aliphatic rings. The van der Waals surface area contributed by atoms with Crippen molar-refractivity contribution in [2.24, 2.45) is 0 Å². The minimum Gasteiger partial charge on any atom is -0.448 e. The molecule has 0 aliphatic carbocycles. The summed E-state index contributed by atoms with van der Waals surface area (Å²) in [7, 11) is 0. The number of halogens is 6. The Labute approximate surface area is 117 Å². The Kier molecular flexibility index (Phi) is 4.03. The van der Waals surface area contributed by atoms with Crippen LogP contribution in [0.25, 0.3) is 11.1 Å². The van der Waals surface area contributed by atoms with Crippen molar-refractivity contribution in [2.75, 3.05) is 0 Å². The minimum absolute atomic E-state index is 0.565. The molecule has 7 heteroatoms. The Bertz CT molecular complexity index is 572. The Hall–Kier alpha value is -1.92. The topological polar surface area (TPSA) is 0 Å². The van der Waals surface area contributed by atoms with E-state index in [9.17, 15) is 26.1 Å². The second-order valence-electron chi connectivity index (χ2n) is 4.63. The molecule has 2 rings (SSSR count). The van der Waals surface area contributed by atoms with Gasteiger partial charge in [-0.2, -0.15) is 13.2 Å². The van der Waals surface area contributed by atoms with Crippen LogP contribution in [0.4, 0.5) is 26.1 Å². The molecule has 0 amide bonds. The van der Waals surface area contributed by atoms with Crippen molar-refractivity contribution < 1.29 is 26.1 Å². The zero-order chi connectivity index (χ0) is 15.7. The first-order valence-electron chi connectivity index (χ1n) is 6.11. The largest absolute Gasteiger partial charge is 0.494 e. The molecule has 0 saturated carbocycles. The highest BCUT2D eigenvalue weighted by Gasteiger charge is 2.52. The van der Waals surface area contributed by atoms with Gasteiger partial charge < -0.3 is 12.9 Å². The van der Waals surface area contributed by atoms with Crippen LogP contribution in [-0.2, 0) is 0 Å². The molecule has 1 unspecified atom stereocenters. The summed E-state index contributed by atoms with van der Waals surface area (Å²) in [4.78, 5) is 0. The number of rotatable bonds is 3. The Morgan fingerprint density at radius 2 is 1.19 bits per heavy atom. The number of hydrogen-bond acceptors (Lipinski definition) is 0. The van der Waals surface area contributed by atoms with Gasteiger partial charge in [0, 0.05) is 5.82 Å². The van der Waals surface area contributed by atoms with Gasteiger partial charge in [0.15, 0.2) is 0 Å². The van der Waals surface area contributed by atoms with Gasteiger partial charge >= 0.3 is 13.2 Å². The predicted octanol–water partition coefficient (Wildman–Crippen LogP) is 5.39. The lowest BCUT2D eigenvalue weighted by Crippen LogP contribution is -2.38. The fourth-order valence-corrected chi connectivity index (χ4v) is 2.13. The van der Waals surface area contributed by atoms with Gasteiger partial charge in [0.1, 0.15) is 0 Å². The zero-order valence-corrected chi connectivity index (χ0v) is 10.6. The minimum atomic E-state index is -6.05. The van der Waals surface area contributed by atoms with E-state index in [2.05, 4.69) is 0 Å². The molecule has 0 aliphatic heterocycles. The molecule has 21 heavy (non-hydrogen) atoms. The van der Waals surface area contributed by atoms with Crippen molar-refractivity contribution in [1.82, 2.24) is 0 Å². The summed E-state index contributed by atoms with van der Waals surface area (Å²) in [6.45, 7) is -6.05. The Morgan fingerprint density at radius 1 is 0.714 bits per heavy atom. The molecule has 0 bridgehead atoms. The zero-order valence-electron chi connectivity index (χ0n) is 10.6. The van der Waals surface area contributed by atoms with Gasteiger partial charge in [0.2, 0.25) is 0 Å². The van der Waals surface area contributed by atoms with Crippen molar-refractivity contribution in [2.45, 2.75) is 12.0 Å². The van der Waals surface area contributed by atoms with Gasteiger partial charge in [-0.1, -0.05) is 60.2 Å². The Morgan fingerprint density at radius 3 is 1.62 bits per heavy atom. The monoisotopic (exact) mass is 303 g/mol. The molecule has 0 radical (unpaired) electrons. The highest BCUT2D eigenvalue weighted by Crippen LogP contribution is 2.43. The summed E-state index contributed by atoms with van der Waals surface area (Å²) in [5, 5.41) is 0. The van der Waals surface area contributed by atoms with Gasteiger partial charge in [-0.3, -0.25) is 0 Å². The van der Waals surface area contributed by atoms with Crippen molar-refractivity contribution >= 4 is 6.98 Å². The number of hydrogen-bond donors (Lipinski definition) is 0. The average Bonchev–Trinajstić information content (AvgIpc) is 2.37. The van der Waals surface area contributed by atoms with Crippen molar-refractivity contribution in [3.63, 3.8) is 0 Å². The van der Waals surface area contributed by atoms with Crippen LogP contribution >= 0.6 is 0 Å². The van der Waals surface area contributed by atoms with Crippen LogP contribution < -0.4 is 0 Å². The Balaban J connectivity index is 2.37. The summed E-state index contributed by atoms with van der Waals surface area (Å²) in [6, 6.07) is 13.0. The second-order valence-corrected chi connectivity index (χ2v) is 4.63. The molecular weight excluding hydrogens is 293 g/mol. The van der Waals surface area contributed by atoms with E-state index >= 15 is 0 Å². The van der Waals surface area contributed by atoms with Crippen LogP contribution in [0, 0.1) is 0 Å². The molecule has 0 saturated heterocycles. The molecule has 2 aromatic carbocycles. The molecule has 2 aromatic rings. The van der Waals surface area contributed by atoms with Gasteiger partial charge in [-0.05, 0) is 11.1 Å². The van der Waals surface area contributed by atoms with Gasteiger partial charge in [-0.15, -0.1) is 0 Å². The van der Waals surface area contributed by atoms with E-state index in [0.717, 1.165) is 17.7 Å². The molecule has 0 heterocycles. The van der Waals surface area contributed by atoms with Crippen LogP contribution in [0.15, 0.2) is 54.6 Å². The SMILES string of the molecule is F[B-](F)(F)C(c1ccc(-c2ccccc2)cc1)C(F)(F)F. The van der Waals surface area contributed by atoms with Gasteiger partial charge in [0.05, 0.1) is 0 Å². The van der Waals surface area contributed by atoms with Crippen molar-refractivity contribution in [3.8, 4) is 11.1 Å². The molecule has 0 nitrogen and oxygen atoms in total. The molecule has 112 valence electrons. The fourth-order valence-electron chi connectivity index (χ4n) is 2.13. The first-order valence-corrected chi connectivity index (χ1v) is 6.11. The van der Waals surface area contributed by atoms with Crippen molar-refractivity contribution in [1.29, 1.82) is 0 Å². The van der Waals surface area contributed by atoms with E-state index in [1.54, 1.807) is 30.3 Å². The fraction of sp³-hybridized carbons (Fsp3) is 0.143. The van der Waals surface area contributed by atoms with Crippen LogP contribution in [0.3, 0.4) is 0 Å². The summed E-state index contributed by atoms with van der Waals surface area (Å²) in [6.07, 6.45) is -5.34. The summed E-state index contributed by atoms with van der Waals surface area (Å²) in [5.74, 6) is -3.40. The summed E-state index contributed by atoms with van der Waals surface area (Å²) >= 11 is 0. The van der Waals surface area contributed by atoms with Crippen LogP contribution in [0.1, 0.15) is 11.4 Å². The lowest BCUT2D eigenvalue weighted by molar-refractivity contribution is -0.139. The molecular formula is C14H10BF6-. The lowest BCUT2D eigenvalue weighted by atomic mass is 9.68.